The standard InChI is InChI=1S/C8H17NO.ClH/c1-6(2)10-8-4-7(5-8)9-3;/h6-9H,4-5H2,1-3H3;1H. The summed E-state index contributed by atoms with van der Waals surface area (Å²) in [6, 6.07) is 0.712. The molecule has 0 amide bonds. The number of halogens is 1. The first-order valence-electron chi connectivity index (χ1n) is 4.05. The molecular formula is C8H18ClNO. The molecule has 0 radical (unpaired) electrons. The molecule has 2 nitrogen and oxygen atoms in total. The predicted molar refractivity (Wildman–Crippen MR) is 49.3 cm³/mol. The van der Waals surface area contributed by atoms with Crippen molar-refractivity contribution in [3.63, 3.8) is 0 Å². The molecule has 0 saturated heterocycles. The Morgan fingerprint density at radius 3 is 2.27 bits per heavy atom. The molecule has 0 heterocycles. The maximum Gasteiger partial charge on any atom is 0.0608 e. The lowest BCUT2D eigenvalue weighted by atomic mass is 9.89. The van der Waals surface area contributed by atoms with Crippen molar-refractivity contribution in [1.82, 2.24) is 5.32 Å². The van der Waals surface area contributed by atoms with Crippen LogP contribution in [0.5, 0.6) is 0 Å². The molecule has 0 unspecified atom stereocenters. The van der Waals surface area contributed by atoms with Crippen molar-refractivity contribution in [2.45, 2.75) is 44.9 Å². The van der Waals surface area contributed by atoms with Gasteiger partial charge in [-0.2, -0.15) is 0 Å². The summed E-state index contributed by atoms with van der Waals surface area (Å²) in [4.78, 5) is 0. The van der Waals surface area contributed by atoms with Crippen molar-refractivity contribution in [1.29, 1.82) is 0 Å². The molecule has 0 aromatic carbocycles. The lowest BCUT2D eigenvalue weighted by molar-refractivity contribution is -0.0485. The van der Waals surface area contributed by atoms with Crippen LogP contribution < -0.4 is 5.32 Å². The molecular weight excluding hydrogens is 162 g/mol. The minimum atomic E-state index is 0. The number of rotatable bonds is 3. The zero-order chi connectivity index (χ0) is 7.56. The van der Waals surface area contributed by atoms with Crippen LogP contribution in [0.1, 0.15) is 26.7 Å². The molecule has 3 heteroatoms. The molecule has 1 fully saturated rings. The van der Waals surface area contributed by atoms with Crippen LogP contribution in [0.4, 0.5) is 0 Å². The van der Waals surface area contributed by atoms with Gasteiger partial charge in [-0.1, -0.05) is 0 Å². The van der Waals surface area contributed by atoms with Gasteiger partial charge in [0.2, 0.25) is 0 Å². The fourth-order valence-electron chi connectivity index (χ4n) is 1.30. The Morgan fingerprint density at radius 2 is 1.91 bits per heavy atom. The molecule has 1 saturated carbocycles. The fourth-order valence-corrected chi connectivity index (χ4v) is 1.30. The topological polar surface area (TPSA) is 21.3 Å². The van der Waals surface area contributed by atoms with Crippen LogP contribution in [-0.2, 0) is 4.74 Å². The second-order valence-electron chi connectivity index (χ2n) is 3.26. The quantitative estimate of drug-likeness (QED) is 0.711. The van der Waals surface area contributed by atoms with Crippen molar-refractivity contribution < 1.29 is 4.74 Å². The van der Waals surface area contributed by atoms with Gasteiger partial charge in [0.1, 0.15) is 0 Å². The lowest BCUT2D eigenvalue weighted by Crippen LogP contribution is -2.44. The average molecular weight is 180 g/mol. The Labute approximate surface area is 75.1 Å². The van der Waals surface area contributed by atoms with Gasteiger partial charge in [0.15, 0.2) is 0 Å². The van der Waals surface area contributed by atoms with Crippen molar-refractivity contribution in [3.8, 4) is 0 Å². The van der Waals surface area contributed by atoms with Gasteiger partial charge in [-0.15, -0.1) is 12.4 Å². The highest BCUT2D eigenvalue weighted by atomic mass is 35.5. The van der Waals surface area contributed by atoms with Crippen LogP contribution >= 0.6 is 12.4 Å². The zero-order valence-corrected chi connectivity index (χ0v) is 8.28. The number of nitrogens with one attached hydrogen (secondary N) is 1. The van der Waals surface area contributed by atoms with E-state index in [1.165, 1.54) is 12.8 Å². The van der Waals surface area contributed by atoms with E-state index in [0.717, 1.165) is 0 Å². The van der Waals surface area contributed by atoms with Gasteiger partial charge in [0.05, 0.1) is 12.2 Å². The van der Waals surface area contributed by atoms with Crippen molar-refractivity contribution >= 4 is 12.4 Å². The first kappa shape index (κ1) is 11.2. The van der Waals surface area contributed by atoms with Crippen molar-refractivity contribution in [2.75, 3.05) is 7.05 Å². The normalized spacial score (nSPS) is 29.5. The Hall–Kier alpha value is 0.210. The summed E-state index contributed by atoms with van der Waals surface area (Å²) in [6.45, 7) is 4.18. The molecule has 1 aliphatic rings. The third-order valence-electron chi connectivity index (χ3n) is 1.97. The molecule has 0 aliphatic heterocycles. The van der Waals surface area contributed by atoms with E-state index in [1.807, 2.05) is 7.05 Å². The van der Waals surface area contributed by atoms with E-state index in [1.54, 1.807) is 0 Å². The fraction of sp³-hybridized carbons (Fsp3) is 1.00. The number of ether oxygens (including phenoxy) is 1. The molecule has 1 N–H and O–H groups in total. The molecule has 0 spiro atoms. The predicted octanol–water partition coefficient (Wildman–Crippen LogP) is 1.58. The molecule has 0 bridgehead atoms. The van der Waals surface area contributed by atoms with E-state index in [9.17, 15) is 0 Å². The van der Waals surface area contributed by atoms with Crippen LogP contribution in [0.2, 0.25) is 0 Å². The average Bonchev–Trinajstić information content (AvgIpc) is 1.76. The molecule has 1 aliphatic carbocycles. The summed E-state index contributed by atoms with van der Waals surface area (Å²) in [5.74, 6) is 0. The van der Waals surface area contributed by atoms with Gasteiger partial charge in [0, 0.05) is 6.04 Å². The first-order chi connectivity index (χ1) is 4.72. The Balaban J connectivity index is 0.000001000. The zero-order valence-electron chi connectivity index (χ0n) is 7.46. The minimum Gasteiger partial charge on any atom is -0.375 e. The third-order valence-corrected chi connectivity index (χ3v) is 1.97. The van der Waals surface area contributed by atoms with Gasteiger partial charge < -0.3 is 10.1 Å². The Morgan fingerprint density at radius 1 is 1.36 bits per heavy atom. The molecule has 1 rings (SSSR count). The van der Waals surface area contributed by atoms with Crippen molar-refractivity contribution in [3.05, 3.63) is 0 Å². The summed E-state index contributed by atoms with van der Waals surface area (Å²) in [6.07, 6.45) is 3.30. The number of hydrogen-bond acceptors (Lipinski definition) is 2. The van der Waals surface area contributed by atoms with Crippen LogP contribution in [0, 0.1) is 0 Å². The molecule has 0 aromatic heterocycles. The Kier molecular flexibility index (Phi) is 5.06. The summed E-state index contributed by atoms with van der Waals surface area (Å²) >= 11 is 0. The van der Waals surface area contributed by atoms with Crippen LogP contribution in [0.3, 0.4) is 0 Å². The Bertz CT molecular complexity index is 102. The van der Waals surface area contributed by atoms with Crippen LogP contribution in [0.15, 0.2) is 0 Å². The summed E-state index contributed by atoms with van der Waals surface area (Å²) in [5, 5.41) is 3.22. The summed E-state index contributed by atoms with van der Waals surface area (Å²) in [5.41, 5.74) is 0. The third kappa shape index (κ3) is 3.41. The van der Waals surface area contributed by atoms with Gasteiger partial charge in [-0.3, -0.25) is 0 Å². The minimum absolute atomic E-state index is 0. The van der Waals surface area contributed by atoms with E-state index in [-0.39, 0.29) is 12.4 Å². The lowest BCUT2D eigenvalue weighted by Gasteiger charge is -2.35. The maximum absolute atomic E-state index is 5.58. The van der Waals surface area contributed by atoms with Crippen molar-refractivity contribution in [2.24, 2.45) is 0 Å². The van der Waals surface area contributed by atoms with E-state index in [2.05, 4.69) is 19.2 Å². The number of hydrogen-bond donors (Lipinski definition) is 1. The van der Waals surface area contributed by atoms with Crippen LogP contribution in [-0.4, -0.2) is 25.3 Å². The van der Waals surface area contributed by atoms with E-state index in [0.29, 0.717) is 18.2 Å². The largest absolute Gasteiger partial charge is 0.375 e. The molecule has 11 heavy (non-hydrogen) atoms. The first-order valence-corrected chi connectivity index (χ1v) is 4.05. The SMILES string of the molecule is CNC1CC(OC(C)C)C1.Cl. The highest BCUT2D eigenvalue weighted by Gasteiger charge is 2.28. The molecule has 68 valence electrons. The summed E-state index contributed by atoms with van der Waals surface area (Å²) in [7, 11) is 2.01. The van der Waals surface area contributed by atoms with E-state index < -0.39 is 0 Å². The second kappa shape index (κ2) is 4.96. The van der Waals surface area contributed by atoms with E-state index >= 15 is 0 Å². The van der Waals surface area contributed by atoms with Crippen LogP contribution in [0.25, 0.3) is 0 Å². The monoisotopic (exact) mass is 179 g/mol. The highest BCUT2D eigenvalue weighted by Crippen LogP contribution is 2.23. The van der Waals surface area contributed by atoms with Gasteiger partial charge in [0.25, 0.3) is 0 Å². The maximum atomic E-state index is 5.58. The van der Waals surface area contributed by atoms with E-state index in [4.69, 9.17) is 4.74 Å². The highest BCUT2D eigenvalue weighted by molar-refractivity contribution is 5.85. The smallest absolute Gasteiger partial charge is 0.0608 e. The van der Waals surface area contributed by atoms with Gasteiger partial charge >= 0.3 is 0 Å². The van der Waals surface area contributed by atoms with Gasteiger partial charge in [-0.25, -0.2) is 0 Å². The molecule has 0 atom stereocenters. The molecule has 0 aromatic rings. The summed E-state index contributed by atoms with van der Waals surface area (Å²) < 4.78 is 5.58. The van der Waals surface area contributed by atoms with Gasteiger partial charge in [-0.05, 0) is 33.7 Å². The second-order valence-corrected chi connectivity index (χ2v) is 3.26.